The molecule has 1 unspecified atom stereocenters. The molecule has 1 atom stereocenters. The van der Waals surface area contributed by atoms with Crippen LogP contribution in [-0.4, -0.2) is 19.6 Å². The lowest BCUT2D eigenvalue weighted by Gasteiger charge is -2.21. The standard InChI is InChI=1S/C11H13BrN2/c12-8-1-2-10-9(5-8)11(7-14-10)3-4-13-6-11/h1-2,5,13-14H,3-4,6-7H2. The molecule has 1 fully saturated rings. The molecule has 1 spiro atoms. The zero-order valence-electron chi connectivity index (χ0n) is 7.94. The van der Waals surface area contributed by atoms with E-state index in [2.05, 4.69) is 44.8 Å². The molecule has 2 aliphatic rings. The summed E-state index contributed by atoms with van der Waals surface area (Å²) in [7, 11) is 0. The Kier molecular flexibility index (Phi) is 1.86. The zero-order chi connectivity index (χ0) is 9.60. The Morgan fingerprint density at radius 2 is 2.21 bits per heavy atom. The van der Waals surface area contributed by atoms with Crippen LogP contribution in [0, 0.1) is 0 Å². The van der Waals surface area contributed by atoms with E-state index in [9.17, 15) is 0 Å². The van der Waals surface area contributed by atoms with Crippen molar-refractivity contribution in [2.24, 2.45) is 0 Å². The summed E-state index contributed by atoms with van der Waals surface area (Å²) in [6, 6.07) is 6.54. The minimum absolute atomic E-state index is 0.360. The van der Waals surface area contributed by atoms with Crippen LogP contribution in [0.5, 0.6) is 0 Å². The number of anilines is 1. The number of halogens is 1. The van der Waals surface area contributed by atoms with Gasteiger partial charge in [0.1, 0.15) is 0 Å². The summed E-state index contributed by atoms with van der Waals surface area (Å²) >= 11 is 3.55. The average Bonchev–Trinajstić information content (AvgIpc) is 2.77. The Labute approximate surface area is 92.2 Å². The Morgan fingerprint density at radius 3 is 3.00 bits per heavy atom. The first-order chi connectivity index (χ1) is 6.80. The molecule has 1 aromatic rings. The van der Waals surface area contributed by atoms with E-state index in [-0.39, 0.29) is 0 Å². The van der Waals surface area contributed by atoms with Crippen LogP contribution in [0.1, 0.15) is 12.0 Å². The van der Waals surface area contributed by atoms with Gasteiger partial charge in [0.15, 0.2) is 0 Å². The van der Waals surface area contributed by atoms with E-state index in [4.69, 9.17) is 0 Å². The molecule has 0 radical (unpaired) electrons. The van der Waals surface area contributed by atoms with Gasteiger partial charge in [-0.15, -0.1) is 0 Å². The van der Waals surface area contributed by atoms with Gasteiger partial charge in [0.05, 0.1) is 0 Å². The molecule has 3 rings (SSSR count). The van der Waals surface area contributed by atoms with Gasteiger partial charge in [0.2, 0.25) is 0 Å². The number of rotatable bonds is 0. The number of nitrogens with one attached hydrogen (secondary N) is 2. The fourth-order valence-electron chi connectivity index (χ4n) is 2.59. The SMILES string of the molecule is Brc1ccc2c(c1)C1(CCNC1)CN2. The maximum absolute atomic E-state index is 3.55. The summed E-state index contributed by atoms with van der Waals surface area (Å²) in [5.74, 6) is 0. The van der Waals surface area contributed by atoms with Crippen LogP contribution in [0.3, 0.4) is 0 Å². The second kappa shape index (κ2) is 2.97. The molecular formula is C11H13BrN2. The monoisotopic (exact) mass is 252 g/mol. The van der Waals surface area contributed by atoms with E-state index < -0.39 is 0 Å². The van der Waals surface area contributed by atoms with Crippen molar-refractivity contribution in [3.05, 3.63) is 28.2 Å². The lowest BCUT2D eigenvalue weighted by Crippen LogP contribution is -2.30. The maximum atomic E-state index is 3.55. The first-order valence-corrected chi connectivity index (χ1v) is 5.84. The number of hydrogen-bond donors (Lipinski definition) is 2. The third-order valence-corrected chi connectivity index (χ3v) is 3.91. The first kappa shape index (κ1) is 8.74. The summed E-state index contributed by atoms with van der Waals surface area (Å²) < 4.78 is 1.19. The molecule has 74 valence electrons. The van der Waals surface area contributed by atoms with Crippen molar-refractivity contribution >= 4 is 21.6 Å². The predicted molar refractivity (Wildman–Crippen MR) is 61.8 cm³/mol. The molecule has 2 heterocycles. The Bertz CT molecular complexity index is 370. The predicted octanol–water partition coefficient (Wildman–Crippen LogP) is 2.11. The van der Waals surface area contributed by atoms with Gasteiger partial charge in [-0.05, 0) is 36.7 Å². The van der Waals surface area contributed by atoms with E-state index in [1.54, 1.807) is 0 Å². The van der Waals surface area contributed by atoms with Gasteiger partial charge < -0.3 is 10.6 Å². The van der Waals surface area contributed by atoms with Gasteiger partial charge in [0, 0.05) is 28.7 Å². The highest BCUT2D eigenvalue weighted by atomic mass is 79.9. The lowest BCUT2D eigenvalue weighted by molar-refractivity contribution is 0.522. The quantitative estimate of drug-likeness (QED) is 0.740. The van der Waals surface area contributed by atoms with E-state index in [1.165, 1.54) is 22.1 Å². The van der Waals surface area contributed by atoms with Gasteiger partial charge in [-0.3, -0.25) is 0 Å². The van der Waals surface area contributed by atoms with E-state index in [0.29, 0.717) is 5.41 Å². The Balaban J connectivity index is 2.12. The van der Waals surface area contributed by atoms with Crippen molar-refractivity contribution in [1.82, 2.24) is 5.32 Å². The van der Waals surface area contributed by atoms with E-state index in [0.717, 1.165) is 19.6 Å². The Morgan fingerprint density at radius 1 is 1.29 bits per heavy atom. The lowest BCUT2D eigenvalue weighted by atomic mass is 9.82. The van der Waals surface area contributed by atoms with Crippen molar-refractivity contribution in [2.75, 3.05) is 25.0 Å². The van der Waals surface area contributed by atoms with Crippen LogP contribution < -0.4 is 10.6 Å². The minimum Gasteiger partial charge on any atom is -0.384 e. The highest BCUT2D eigenvalue weighted by molar-refractivity contribution is 9.10. The van der Waals surface area contributed by atoms with Crippen molar-refractivity contribution in [2.45, 2.75) is 11.8 Å². The van der Waals surface area contributed by atoms with Crippen LogP contribution in [-0.2, 0) is 5.41 Å². The molecule has 1 saturated heterocycles. The molecule has 3 heteroatoms. The molecule has 0 aliphatic carbocycles. The van der Waals surface area contributed by atoms with Crippen LogP contribution >= 0.6 is 15.9 Å². The summed E-state index contributed by atoms with van der Waals surface area (Å²) in [5.41, 5.74) is 3.16. The van der Waals surface area contributed by atoms with Gasteiger partial charge in [-0.1, -0.05) is 15.9 Å². The molecule has 2 N–H and O–H groups in total. The van der Waals surface area contributed by atoms with Gasteiger partial charge in [-0.25, -0.2) is 0 Å². The fourth-order valence-corrected chi connectivity index (χ4v) is 2.95. The topological polar surface area (TPSA) is 24.1 Å². The third kappa shape index (κ3) is 1.12. The van der Waals surface area contributed by atoms with Crippen molar-refractivity contribution in [3.8, 4) is 0 Å². The molecule has 2 nitrogen and oxygen atoms in total. The summed E-state index contributed by atoms with van der Waals surface area (Å²) in [4.78, 5) is 0. The normalized spacial score (nSPS) is 29.2. The van der Waals surface area contributed by atoms with Crippen LogP contribution in [0.4, 0.5) is 5.69 Å². The molecule has 14 heavy (non-hydrogen) atoms. The summed E-state index contributed by atoms with van der Waals surface area (Å²) in [6.45, 7) is 3.35. The zero-order valence-corrected chi connectivity index (χ0v) is 9.52. The Hall–Kier alpha value is -0.540. The molecule has 0 bridgehead atoms. The van der Waals surface area contributed by atoms with Crippen molar-refractivity contribution < 1.29 is 0 Å². The molecule has 0 saturated carbocycles. The third-order valence-electron chi connectivity index (χ3n) is 3.41. The molecule has 2 aliphatic heterocycles. The number of fused-ring (bicyclic) bond motifs is 2. The average molecular weight is 253 g/mol. The number of hydrogen-bond acceptors (Lipinski definition) is 2. The fraction of sp³-hybridized carbons (Fsp3) is 0.455. The highest BCUT2D eigenvalue weighted by Gasteiger charge is 2.41. The summed E-state index contributed by atoms with van der Waals surface area (Å²) in [6.07, 6.45) is 1.25. The van der Waals surface area contributed by atoms with E-state index in [1.807, 2.05) is 0 Å². The molecule has 0 aromatic heterocycles. The minimum atomic E-state index is 0.360. The number of benzene rings is 1. The first-order valence-electron chi connectivity index (χ1n) is 5.05. The second-order valence-corrected chi connectivity index (χ2v) is 5.17. The largest absolute Gasteiger partial charge is 0.384 e. The molecule has 1 aromatic carbocycles. The van der Waals surface area contributed by atoms with E-state index >= 15 is 0 Å². The molecular weight excluding hydrogens is 240 g/mol. The van der Waals surface area contributed by atoms with Crippen LogP contribution in [0.25, 0.3) is 0 Å². The van der Waals surface area contributed by atoms with Gasteiger partial charge in [-0.2, -0.15) is 0 Å². The smallest absolute Gasteiger partial charge is 0.0380 e. The van der Waals surface area contributed by atoms with Gasteiger partial charge in [0.25, 0.3) is 0 Å². The van der Waals surface area contributed by atoms with Gasteiger partial charge >= 0.3 is 0 Å². The molecule has 0 amide bonds. The van der Waals surface area contributed by atoms with Crippen LogP contribution in [0.15, 0.2) is 22.7 Å². The summed E-state index contributed by atoms with van der Waals surface area (Å²) in [5, 5.41) is 6.96. The second-order valence-electron chi connectivity index (χ2n) is 4.25. The van der Waals surface area contributed by atoms with Crippen molar-refractivity contribution in [3.63, 3.8) is 0 Å². The highest BCUT2D eigenvalue weighted by Crippen LogP contribution is 2.41. The van der Waals surface area contributed by atoms with Crippen molar-refractivity contribution in [1.29, 1.82) is 0 Å². The maximum Gasteiger partial charge on any atom is 0.0380 e. The van der Waals surface area contributed by atoms with Crippen LogP contribution in [0.2, 0.25) is 0 Å².